The number of quaternary nitrogens is 1. The molecule has 0 atom stereocenters. The Morgan fingerprint density at radius 3 is 2.16 bits per heavy atom. The van der Waals surface area contributed by atoms with E-state index < -0.39 is 15.8 Å². The van der Waals surface area contributed by atoms with Gasteiger partial charge in [0, 0.05) is 18.2 Å². The summed E-state index contributed by atoms with van der Waals surface area (Å²) in [7, 11) is 6.04. The van der Waals surface area contributed by atoms with Gasteiger partial charge in [-0.3, -0.25) is 35.0 Å². The zero-order valence-corrected chi connectivity index (χ0v) is 18.3. The van der Waals surface area contributed by atoms with Gasteiger partial charge in [-0.05, 0) is 30.3 Å². The highest BCUT2D eigenvalue weighted by Crippen LogP contribution is 2.21. The Balaban J connectivity index is 0.00000363. The topological polar surface area (TPSA) is 126 Å². The predicted molar refractivity (Wildman–Crippen MR) is 119 cm³/mol. The molecule has 0 amide bonds. The second-order valence-corrected chi connectivity index (χ2v) is 7.58. The number of hydrogen-bond donors (Lipinski definition) is 2. The summed E-state index contributed by atoms with van der Waals surface area (Å²) in [5.74, 6) is 0. The fourth-order valence-corrected chi connectivity index (χ4v) is 2.66. The molecule has 3 aromatic carbocycles. The summed E-state index contributed by atoms with van der Waals surface area (Å²) in [5, 5.41) is 18.5. The Kier molecular flexibility index (Phi) is 7.58. The molecule has 0 aliphatic heterocycles. The van der Waals surface area contributed by atoms with E-state index in [2.05, 4.69) is 21.1 Å². The third kappa shape index (κ3) is 5.84. The van der Waals surface area contributed by atoms with E-state index in [1.807, 2.05) is 39.3 Å². The molecule has 3 aromatic rings. The molecular weight excluding hydrogens is 436 g/mol. The SMILES string of the molecule is C[N+](C)(C)c1cccc(N/N=c2\c(=O)cc/c(=N\Nc3cccc([N+](=O)[O-])c3)c2=O)c1.[Cl-]. The van der Waals surface area contributed by atoms with Crippen LogP contribution in [-0.4, -0.2) is 26.1 Å². The Labute approximate surface area is 189 Å². The van der Waals surface area contributed by atoms with Crippen LogP contribution < -0.4 is 49.3 Å². The lowest BCUT2D eigenvalue weighted by Gasteiger charge is -2.23. The third-order valence-corrected chi connectivity index (χ3v) is 4.35. The number of halogens is 1. The van der Waals surface area contributed by atoms with Gasteiger partial charge in [-0.25, -0.2) is 0 Å². The van der Waals surface area contributed by atoms with E-state index in [0.717, 1.165) is 5.69 Å². The van der Waals surface area contributed by atoms with Crippen LogP contribution in [0.5, 0.6) is 0 Å². The first kappa shape index (κ1) is 24.4. The van der Waals surface area contributed by atoms with Crippen molar-refractivity contribution in [2.45, 2.75) is 0 Å². The number of nitro benzene ring substituents is 1. The number of benzene rings is 3. The monoisotopic (exact) mass is 456 g/mol. The van der Waals surface area contributed by atoms with Crippen LogP contribution in [0.25, 0.3) is 0 Å². The van der Waals surface area contributed by atoms with Gasteiger partial charge in [-0.15, -0.1) is 0 Å². The van der Waals surface area contributed by atoms with Crippen molar-refractivity contribution in [1.29, 1.82) is 0 Å². The first-order valence-corrected chi connectivity index (χ1v) is 9.26. The quantitative estimate of drug-likeness (QED) is 0.257. The van der Waals surface area contributed by atoms with Crippen molar-refractivity contribution < 1.29 is 17.3 Å². The zero-order chi connectivity index (χ0) is 22.6. The maximum atomic E-state index is 12.7. The highest BCUT2D eigenvalue weighted by atomic mass is 35.5. The summed E-state index contributed by atoms with van der Waals surface area (Å²) in [4.78, 5) is 35.1. The van der Waals surface area contributed by atoms with Gasteiger partial charge in [0.05, 0.1) is 37.4 Å². The molecule has 0 heterocycles. The summed E-state index contributed by atoms with van der Waals surface area (Å²) < 4.78 is 0.590. The minimum atomic E-state index is -0.666. The molecule has 10 nitrogen and oxygen atoms in total. The molecule has 166 valence electrons. The number of hydrogen-bond acceptors (Lipinski definition) is 8. The molecule has 0 fully saturated rings. The van der Waals surface area contributed by atoms with Crippen LogP contribution in [-0.2, 0) is 0 Å². The van der Waals surface area contributed by atoms with Crippen molar-refractivity contribution in [1.82, 2.24) is 4.48 Å². The number of non-ortho nitro benzene ring substituents is 1. The van der Waals surface area contributed by atoms with E-state index in [0.29, 0.717) is 15.9 Å². The van der Waals surface area contributed by atoms with Gasteiger partial charge < -0.3 is 12.4 Å². The second-order valence-electron chi connectivity index (χ2n) is 7.58. The van der Waals surface area contributed by atoms with Crippen LogP contribution in [0.1, 0.15) is 0 Å². The van der Waals surface area contributed by atoms with Gasteiger partial charge in [0.15, 0.2) is 5.36 Å². The molecule has 0 unspecified atom stereocenters. The summed E-state index contributed by atoms with van der Waals surface area (Å²) >= 11 is 0. The predicted octanol–water partition coefficient (Wildman–Crippen LogP) is -1.75. The fourth-order valence-electron chi connectivity index (χ4n) is 2.66. The molecule has 3 rings (SSSR count). The Morgan fingerprint density at radius 2 is 1.50 bits per heavy atom. The molecule has 0 aromatic heterocycles. The number of anilines is 2. The molecule has 0 saturated heterocycles. The minimum absolute atomic E-state index is 0. The standard InChI is InChI=1S/C21H20N6O4.ClH/c1-27(2,3)17-9-5-7-15(13-17)23-25-20-19(28)11-10-18(21(20)29)24-22-14-6-4-8-16(12-14)26(30)31;/h4-13H,1-3H3,(H-,22,23,28,29);1H. The number of rotatable bonds is 6. The summed E-state index contributed by atoms with van der Waals surface area (Å²) in [5.41, 5.74) is 5.98. The number of nitrogens with one attached hydrogen (secondary N) is 2. The molecular formula is C21H21ClN6O4. The van der Waals surface area contributed by atoms with Crippen molar-refractivity contribution in [2.75, 3.05) is 32.0 Å². The molecule has 0 radical (unpaired) electrons. The zero-order valence-electron chi connectivity index (χ0n) is 17.6. The second kappa shape index (κ2) is 9.94. The average Bonchev–Trinajstić information content (AvgIpc) is 2.73. The lowest BCUT2D eigenvalue weighted by molar-refractivity contribution is -0.384. The molecule has 0 aliphatic rings. The van der Waals surface area contributed by atoms with E-state index in [4.69, 9.17) is 0 Å². The normalized spacial score (nSPS) is 12.2. The van der Waals surface area contributed by atoms with Crippen LogP contribution in [0.3, 0.4) is 0 Å². The van der Waals surface area contributed by atoms with Crippen LogP contribution in [0.2, 0.25) is 0 Å². The van der Waals surface area contributed by atoms with Gasteiger partial charge in [0.2, 0.25) is 10.9 Å². The lowest BCUT2D eigenvalue weighted by Crippen LogP contribution is -3.00. The third-order valence-electron chi connectivity index (χ3n) is 4.35. The first-order valence-electron chi connectivity index (χ1n) is 9.26. The maximum absolute atomic E-state index is 12.7. The van der Waals surface area contributed by atoms with Crippen LogP contribution in [0, 0.1) is 10.1 Å². The molecule has 0 spiro atoms. The molecule has 11 heteroatoms. The lowest BCUT2D eigenvalue weighted by atomic mass is 10.2. The summed E-state index contributed by atoms with van der Waals surface area (Å²) in [6.07, 6.45) is 0. The van der Waals surface area contributed by atoms with Gasteiger partial charge in [0.1, 0.15) is 11.0 Å². The number of nitrogens with zero attached hydrogens (tertiary/aromatic N) is 4. The van der Waals surface area contributed by atoms with E-state index >= 15 is 0 Å². The molecule has 32 heavy (non-hydrogen) atoms. The maximum Gasteiger partial charge on any atom is 0.271 e. The molecule has 0 aliphatic carbocycles. The number of nitro groups is 1. The average molecular weight is 457 g/mol. The highest BCUT2D eigenvalue weighted by Gasteiger charge is 2.12. The van der Waals surface area contributed by atoms with E-state index in [1.165, 1.54) is 30.3 Å². The van der Waals surface area contributed by atoms with Gasteiger partial charge in [0.25, 0.3) is 5.69 Å². The summed E-state index contributed by atoms with van der Waals surface area (Å²) in [6, 6.07) is 15.6. The van der Waals surface area contributed by atoms with E-state index in [1.54, 1.807) is 12.1 Å². The Bertz CT molecular complexity index is 1360. The first-order chi connectivity index (χ1) is 14.6. The van der Waals surface area contributed by atoms with Gasteiger partial charge in [-0.1, -0.05) is 12.1 Å². The van der Waals surface area contributed by atoms with Crippen molar-refractivity contribution in [3.63, 3.8) is 0 Å². The summed E-state index contributed by atoms with van der Waals surface area (Å²) in [6.45, 7) is 0. The van der Waals surface area contributed by atoms with E-state index in [-0.39, 0.29) is 28.8 Å². The fraction of sp³-hybridized carbons (Fsp3) is 0.143. The highest BCUT2D eigenvalue weighted by molar-refractivity contribution is 5.55. The van der Waals surface area contributed by atoms with Crippen molar-refractivity contribution >= 4 is 22.7 Å². The molecule has 0 saturated carbocycles. The van der Waals surface area contributed by atoms with Crippen molar-refractivity contribution in [3.8, 4) is 0 Å². The van der Waals surface area contributed by atoms with Gasteiger partial charge in [-0.2, -0.15) is 10.2 Å². The Hall–Kier alpha value is -3.89. The van der Waals surface area contributed by atoms with Crippen molar-refractivity contribution in [2.24, 2.45) is 10.2 Å². The van der Waals surface area contributed by atoms with Crippen molar-refractivity contribution in [3.05, 3.63) is 102 Å². The molecule has 0 bridgehead atoms. The van der Waals surface area contributed by atoms with Crippen LogP contribution in [0.4, 0.5) is 22.7 Å². The van der Waals surface area contributed by atoms with Gasteiger partial charge >= 0.3 is 0 Å². The van der Waals surface area contributed by atoms with E-state index in [9.17, 15) is 19.7 Å². The molecule has 2 N–H and O–H groups in total. The smallest absolute Gasteiger partial charge is 0.271 e. The van der Waals surface area contributed by atoms with Crippen LogP contribution in [0.15, 0.2) is 80.5 Å². The van der Waals surface area contributed by atoms with Crippen LogP contribution >= 0.6 is 0 Å². The Morgan fingerprint density at radius 1 is 0.875 bits per heavy atom. The minimum Gasteiger partial charge on any atom is -1.00 e. The largest absolute Gasteiger partial charge is 1.00 e.